The lowest BCUT2D eigenvalue weighted by atomic mass is 10.1. The van der Waals surface area contributed by atoms with Gasteiger partial charge in [-0.1, -0.05) is 12.1 Å². The number of phenols is 1. The van der Waals surface area contributed by atoms with Gasteiger partial charge in [0.1, 0.15) is 11.5 Å². The number of aromatic hydroxyl groups is 1. The molecule has 7 heteroatoms. The molecule has 2 aromatic rings. The van der Waals surface area contributed by atoms with Gasteiger partial charge in [-0.3, -0.25) is 9.59 Å². The first kappa shape index (κ1) is 18.3. The van der Waals surface area contributed by atoms with E-state index in [0.717, 1.165) is 36.8 Å². The van der Waals surface area contributed by atoms with Gasteiger partial charge in [0.05, 0.1) is 45.4 Å². The standard InChI is InChI=1S/C21H23N3O4/c1-28-19-5-3-2-4-17(19)24-20(26)14-18(21(24)27)23-12-10-22(11-13-23)15-6-8-16(25)9-7-15/h2-9,18,25H,10-14H2,1H3/p+1/t18-/m0/s1. The fourth-order valence-electron chi connectivity index (χ4n) is 4.08. The first-order chi connectivity index (χ1) is 13.6. The second-order valence-electron chi connectivity index (χ2n) is 7.16. The van der Waals surface area contributed by atoms with E-state index in [0.29, 0.717) is 11.4 Å². The number of hydrogen-bond acceptors (Lipinski definition) is 5. The molecule has 7 nitrogen and oxygen atoms in total. The molecular formula is C21H24N3O4+. The lowest BCUT2D eigenvalue weighted by molar-refractivity contribution is -0.915. The van der Waals surface area contributed by atoms with Crippen LogP contribution in [0.15, 0.2) is 48.5 Å². The van der Waals surface area contributed by atoms with Crippen LogP contribution in [0.3, 0.4) is 0 Å². The molecule has 2 aliphatic rings. The highest BCUT2D eigenvalue weighted by molar-refractivity contribution is 6.22. The third kappa shape index (κ3) is 3.29. The van der Waals surface area contributed by atoms with Gasteiger partial charge in [0.15, 0.2) is 6.04 Å². The summed E-state index contributed by atoms with van der Waals surface area (Å²) in [4.78, 5) is 30.3. The summed E-state index contributed by atoms with van der Waals surface area (Å²) in [6.45, 7) is 3.16. The third-order valence-electron chi connectivity index (χ3n) is 5.59. The van der Waals surface area contributed by atoms with Crippen LogP contribution >= 0.6 is 0 Å². The predicted molar refractivity (Wildman–Crippen MR) is 105 cm³/mol. The van der Waals surface area contributed by atoms with Gasteiger partial charge >= 0.3 is 0 Å². The van der Waals surface area contributed by atoms with Crippen molar-refractivity contribution in [3.8, 4) is 11.5 Å². The Hall–Kier alpha value is -3.06. The van der Waals surface area contributed by atoms with Crippen LogP contribution in [0.4, 0.5) is 11.4 Å². The van der Waals surface area contributed by atoms with E-state index < -0.39 is 0 Å². The molecule has 0 aromatic heterocycles. The molecule has 0 unspecified atom stereocenters. The van der Waals surface area contributed by atoms with Crippen molar-refractivity contribution in [1.82, 2.24) is 0 Å². The fraction of sp³-hybridized carbons (Fsp3) is 0.333. The Balaban J connectivity index is 1.45. The van der Waals surface area contributed by atoms with Crippen LogP contribution in [0.1, 0.15) is 6.42 Å². The SMILES string of the molecule is COc1ccccc1N1C(=O)C[C@H]([NH+]2CCN(c3ccc(O)cc3)CC2)C1=O. The Morgan fingerprint density at radius 3 is 2.39 bits per heavy atom. The number of benzene rings is 2. The molecule has 2 heterocycles. The minimum atomic E-state index is -0.348. The molecule has 2 fully saturated rings. The number of piperazine rings is 1. The first-order valence-electron chi connectivity index (χ1n) is 9.47. The summed E-state index contributed by atoms with van der Waals surface area (Å²) in [7, 11) is 1.54. The number of hydrogen-bond donors (Lipinski definition) is 2. The van der Waals surface area contributed by atoms with Crippen LogP contribution in [0.2, 0.25) is 0 Å². The number of anilines is 2. The maximum absolute atomic E-state index is 13.1. The van der Waals surface area contributed by atoms with Crippen LogP contribution in [0.25, 0.3) is 0 Å². The Bertz CT molecular complexity index is 875. The van der Waals surface area contributed by atoms with Crippen molar-refractivity contribution in [2.75, 3.05) is 43.1 Å². The molecule has 0 radical (unpaired) electrons. The van der Waals surface area contributed by atoms with Gasteiger partial charge in [0, 0.05) is 5.69 Å². The summed E-state index contributed by atoms with van der Waals surface area (Å²) in [5, 5.41) is 9.45. The largest absolute Gasteiger partial charge is 0.508 e. The van der Waals surface area contributed by atoms with Crippen molar-refractivity contribution < 1.29 is 24.3 Å². The fourth-order valence-corrected chi connectivity index (χ4v) is 4.08. The Kier molecular flexibility index (Phi) is 4.92. The molecule has 2 saturated heterocycles. The van der Waals surface area contributed by atoms with Crippen LogP contribution < -0.4 is 19.4 Å². The number of para-hydroxylation sites is 2. The number of ether oxygens (including phenoxy) is 1. The second kappa shape index (κ2) is 7.52. The van der Waals surface area contributed by atoms with E-state index in [-0.39, 0.29) is 30.0 Å². The zero-order chi connectivity index (χ0) is 19.7. The summed E-state index contributed by atoms with van der Waals surface area (Å²) < 4.78 is 5.33. The van der Waals surface area contributed by atoms with Gasteiger partial charge in [-0.25, -0.2) is 4.90 Å². The first-order valence-corrected chi connectivity index (χ1v) is 9.47. The molecule has 28 heavy (non-hydrogen) atoms. The highest BCUT2D eigenvalue weighted by Gasteiger charge is 2.47. The number of rotatable bonds is 4. The van der Waals surface area contributed by atoms with E-state index in [2.05, 4.69) is 4.90 Å². The molecule has 2 aliphatic heterocycles. The van der Waals surface area contributed by atoms with E-state index in [4.69, 9.17) is 4.74 Å². The summed E-state index contributed by atoms with van der Waals surface area (Å²) in [5.74, 6) is 0.451. The third-order valence-corrected chi connectivity index (χ3v) is 5.59. The van der Waals surface area contributed by atoms with Crippen molar-refractivity contribution in [3.63, 3.8) is 0 Å². The number of carbonyl (C=O) groups is 2. The van der Waals surface area contributed by atoms with E-state index in [1.54, 1.807) is 30.3 Å². The minimum Gasteiger partial charge on any atom is -0.508 e. The molecule has 4 rings (SSSR count). The maximum atomic E-state index is 13.1. The number of phenolic OH excluding ortho intramolecular Hbond substituents is 1. The minimum absolute atomic E-state index is 0.150. The zero-order valence-corrected chi connectivity index (χ0v) is 15.8. The molecule has 2 aromatic carbocycles. The highest BCUT2D eigenvalue weighted by Crippen LogP contribution is 2.31. The van der Waals surface area contributed by atoms with Crippen LogP contribution in [0, 0.1) is 0 Å². The van der Waals surface area contributed by atoms with Crippen LogP contribution in [-0.2, 0) is 9.59 Å². The van der Waals surface area contributed by atoms with Gasteiger partial charge in [-0.15, -0.1) is 0 Å². The molecule has 0 aliphatic carbocycles. The molecule has 0 bridgehead atoms. The average Bonchev–Trinajstić information content (AvgIpc) is 3.02. The van der Waals surface area contributed by atoms with Gasteiger partial charge < -0.3 is 19.6 Å². The van der Waals surface area contributed by atoms with E-state index in [9.17, 15) is 14.7 Å². The Morgan fingerprint density at radius 1 is 1.04 bits per heavy atom. The lowest BCUT2D eigenvalue weighted by Gasteiger charge is -2.35. The Morgan fingerprint density at radius 2 is 1.71 bits per heavy atom. The van der Waals surface area contributed by atoms with Gasteiger partial charge in [0.25, 0.3) is 5.91 Å². The smallest absolute Gasteiger partial charge is 0.292 e. The normalized spacial score (nSPS) is 20.7. The average molecular weight is 382 g/mol. The molecule has 2 amide bonds. The number of methoxy groups -OCH3 is 1. The Labute approximate surface area is 163 Å². The van der Waals surface area contributed by atoms with E-state index in [1.807, 2.05) is 18.2 Å². The molecular weight excluding hydrogens is 358 g/mol. The highest BCUT2D eigenvalue weighted by atomic mass is 16.5. The lowest BCUT2D eigenvalue weighted by Crippen LogP contribution is -3.19. The van der Waals surface area contributed by atoms with Crippen LogP contribution in [0.5, 0.6) is 11.5 Å². The summed E-state index contributed by atoms with van der Waals surface area (Å²) in [6, 6.07) is 13.9. The van der Waals surface area contributed by atoms with Crippen LogP contribution in [-0.4, -0.2) is 56.3 Å². The number of imide groups is 1. The monoisotopic (exact) mass is 382 g/mol. The quantitative estimate of drug-likeness (QED) is 0.751. The second-order valence-corrected chi connectivity index (χ2v) is 7.16. The van der Waals surface area contributed by atoms with Crippen molar-refractivity contribution >= 4 is 23.2 Å². The number of quaternary nitrogens is 1. The number of amides is 2. The maximum Gasteiger partial charge on any atom is 0.292 e. The summed E-state index contributed by atoms with van der Waals surface area (Å²) >= 11 is 0. The summed E-state index contributed by atoms with van der Waals surface area (Å²) in [5.41, 5.74) is 1.57. The van der Waals surface area contributed by atoms with E-state index in [1.165, 1.54) is 12.0 Å². The number of carbonyl (C=O) groups excluding carboxylic acids is 2. The van der Waals surface area contributed by atoms with Gasteiger partial charge in [-0.2, -0.15) is 0 Å². The summed E-state index contributed by atoms with van der Waals surface area (Å²) in [6.07, 6.45) is 0.228. The molecule has 146 valence electrons. The zero-order valence-electron chi connectivity index (χ0n) is 15.8. The van der Waals surface area contributed by atoms with E-state index >= 15 is 0 Å². The molecule has 0 spiro atoms. The van der Waals surface area contributed by atoms with Gasteiger partial charge in [-0.05, 0) is 36.4 Å². The number of nitrogens with one attached hydrogen (secondary N) is 1. The molecule has 0 saturated carbocycles. The van der Waals surface area contributed by atoms with Gasteiger partial charge in [0.2, 0.25) is 5.91 Å². The van der Waals surface area contributed by atoms with Crippen molar-refractivity contribution in [1.29, 1.82) is 0 Å². The number of nitrogens with zero attached hydrogens (tertiary/aromatic N) is 2. The van der Waals surface area contributed by atoms with Crippen molar-refractivity contribution in [2.45, 2.75) is 12.5 Å². The van der Waals surface area contributed by atoms with Crippen molar-refractivity contribution in [3.05, 3.63) is 48.5 Å². The molecule has 1 atom stereocenters. The predicted octanol–water partition coefficient (Wildman–Crippen LogP) is 0.438. The topological polar surface area (TPSA) is 74.5 Å². The molecule has 2 N–H and O–H groups in total. The van der Waals surface area contributed by atoms with Crippen molar-refractivity contribution in [2.24, 2.45) is 0 Å².